The van der Waals surface area contributed by atoms with E-state index < -0.39 is 0 Å². The van der Waals surface area contributed by atoms with Crippen LogP contribution in [-0.4, -0.2) is 44.7 Å². The first-order valence-electron chi connectivity index (χ1n) is 7.19. The zero-order chi connectivity index (χ0) is 13.8. The third kappa shape index (κ3) is 3.48. The van der Waals surface area contributed by atoms with Crippen molar-refractivity contribution in [3.05, 3.63) is 29.3 Å². The Morgan fingerprint density at radius 1 is 1.37 bits per heavy atom. The van der Waals surface area contributed by atoms with E-state index in [2.05, 4.69) is 49.3 Å². The van der Waals surface area contributed by atoms with Crippen molar-refractivity contribution in [3.63, 3.8) is 0 Å². The number of rotatable bonds is 6. The Morgan fingerprint density at radius 2 is 2.11 bits per heavy atom. The molecule has 0 aliphatic carbocycles. The maximum atomic E-state index is 5.43. The van der Waals surface area contributed by atoms with Crippen molar-refractivity contribution in [2.75, 3.05) is 33.8 Å². The van der Waals surface area contributed by atoms with Gasteiger partial charge in [0.1, 0.15) is 5.75 Å². The van der Waals surface area contributed by atoms with Gasteiger partial charge in [0.15, 0.2) is 0 Å². The van der Waals surface area contributed by atoms with E-state index in [0.29, 0.717) is 5.92 Å². The van der Waals surface area contributed by atoms with Gasteiger partial charge in [0.25, 0.3) is 0 Å². The standard InChI is InChI=1S/C16H26N2O/c1-12(2)15-9-13(5-6-16(15)19-4)7-8-18(3)14-10-17-11-14/h5-6,9,12,14,17H,7-8,10-11H2,1-4H3. The highest BCUT2D eigenvalue weighted by atomic mass is 16.5. The number of likely N-dealkylation sites (N-methyl/N-ethyl adjacent to an activating group) is 1. The molecule has 3 nitrogen and oxygen atoms in total. The third-order valence-corrected chi connectivity index (χ3v) is 4.05. The fourth-order valence-corrected chi connectivity index (χ4v) is 2.46. The van der Waals surface area contributed by atoms with Crippen LogP contribution >= 0.6 is 0 Å². The Balaban J connectivity index is 1.98. The molecule has 1 N–H and O–H groups in total. The molecule has 0 atom stereocenters. The lowest BCUT2D eigenvalue weighted by atomic mass is 9.98. The normalized spacial score (nSPS) is 15.9. The SMILES string of the molecule is COc1ccc(CCN(C)C2CNC2)cc1C(C)C. The molecule has 0 spiro atoms. The summed E-state index contributed by atoms with van der Waals surface area (Å²) in [6.45, 7) is 7.82. The molecule has 19 heavy (non-hydrogen) atoms. The number of methoxy groups -OCH3 is 1. The van der Waals surface area contributed by atoms with Gasteiger partial charge in [-0.15, -0.1) is 0 Å². The van der Waals surface area contributed by atoms with Crippen LogP contribution in [-0.2, 0) is 6.42 Å². The molecule has 1 saturated heterocycles. The minimum absolute atomic E-state index is 0.503. The Kier molecular flexibility index (Phi) is 4.83. The van der Waals surface area contributed by atoms with Crippen LogP contribution in [0.3, 0.4) is 0 Å². The number of hydrogen-bond donors (Lipinski definition) is 1. The van der Waals surface area contributed by atoms with E-state index in [-0.39, 0.29) is 0 Å². The van der Waals surface area contributed by atoms with E-state index in [1.165, 1.54) is 11.1 Å². The molecule has 0 unspecified atom stereocenters. The van der Waals surface area contributed by atoms with E-state index >= 15 is 0 Å². The number of nitrogens with one attached hydrogen (secondary N) is 1. The smallest absolute Gasteiger partial charge is 0.122 e. The van der Waals surface area contributed by atoms with Crippen molar-refractivity contribution in [1.82, 2.24) is 10.2 Å². The molecular weight excluding hydrogens is 236 g/mol. The van der Waals surface area contributed by atoms with Crippen molar-refractivity contribution in [3.8, 4) is 5.75 Å². The minimum Gasteiger partial charge on any atom is -0.496 e. The maximum absolute atomic E-state index is 5.43. The number of ether oxygens (including phenoxy) is 1. The summed E-state index contributed by atoms with van der Waals surface area (Å²) in [4.78, 5) is 2.45. The Hall–Kier alpha value is -1.06. The van der Waals surface area contributed by atoms with Crippen molar-refractivity contribution < 1.29 is 4.74 Å². The summed E-state index contributed by atoms with van der Waals surface area (Å²) in [5.41, 5.74) is 2.72. The van der Waals surface area contributed by atoms with E-state index in [0.717, 1.165) is 37.8 Å². The van der Waals surface area contributed by atoms with Crippen LogP contribution in [0.25, 0.3) is 0 Å². The van der Waals surface area contributed by atoms with Crippen LogP contribution in [0.15, 0.2) is 18.2 Å². The number of benzene rings is 1. The summed E-state index contributed by atoms with van der Waals surface area (Å²) in [5, 5.41) is 3.32. The number of hydrogen-bond acceptors (Lipinski definition) is 3. The van der Waals surface area contributed by atoms with Crippen LogP contribution < -0.4 is 10.1 Å². The molecule has 3 heteroatoms. The van der Waals surface area contributed by atoms with Crippen LogP contribution in [0.5, 0.6) is 5.75 Å². The lowest BCUT2D eigenvalue weighted by Crippen LogP contribution is -2.56. The molecule has 0 amide bonds. The second-order valence-electron chi connectivity index (χ2n) is 5.77. The lowest BCUT2D eigenvalue weighted by Gasteiger charge is -2.35. The van der Waals surface area contributed by atoms with Crippen molar-refractivity contribution in [2.45, 2.75) is 32.2 Å². The molecule has 0 aromatic heterocycles. The minimum atomic E-state index is 0.503. The van der Waals surface area contributed by atoms with E-state index in [1.807, 2.05) is 0 Å². The topological polar surface area (TPSA) is 24.5 Å². The summed E-state index contributed by atoms with van der Waals surface area (Å²) in [7, 11) is 3.97. The molecule has 2 rings (SSSR count). The highest BCUT2D eigenvalue weighted by Crippen LogP contribution is 2.27. The largest absolute Gasteiger partial charge is 0.496 e. The van der Waals surface area contributed by atoms with Gasteiger partial charge in [0.2, 0.25) is 0 Å². The monoisotopic (exact) mass is 262 g/mol. The van der Waals surface area contributed by atoms with Gasteiger partial charge in [-0.3, -0.25) is 0 Å². The van der Waals surface area contributed by atoms with Crippen molar-refractivity contribution in [2.24, 2.45) is 0 Å². The van der Waals surface area contributed by atoms with Gasteiger partial charge in [-0.25, -0.2) is 0 Å². The van der Waals surface area contributed by atoms with Crippen LogP contribution in [0.4, 0.5) is 0 Å². The zero-order valence-corrected chi connectivity index (χ0v) is 12.6. The Bertz CT molecular complexity index is 413. The van der Waals surface area contributed by atoms with Gasteiger partial charge in [0.05, 0.1) is 7.11 Å². The summed E-state index contributed by atoms with van der Waals surface area (Å²) in [6, 6.07) is 7.33. The van der Waals surface area contributed by atoms with E-state index in [1.54, 1.807) is 7.11 Å². The fraction of sp³-hybridized carbons (Fsp3) is 0.625. The molecule has 0 saturated carbocycles. The molecule has 0 bridgehead atoms. The van der Waals surface area contributed by atoms with Gasteiger partial charge in [-0.05, 0) is 36.6 Å². The maximum Gasteiger partial charge on any atom is 0.122 e. The van der Waals surface area contributed by atoms with Gasteiger partial charge in [-0.2, -0.15) is 0 Å². The van der Waals surface area contributed by atoms with Crippen LogP contribution in [0, 0.1) is 0 Å². The summed E-state index contributed by atoms with van der Waals surface area (Å²) in [6.07, 6.45) is 1.11. The average molecular weight is 262 g/mol. The Morgan fingerprint density at radius 3 is 2.63 bits per heavy atom. The predicted octanol–water partition coefficient (Wildman–Crippen LogP) is 2.26. The third-order valence-electron chi connectivity index (χ3n) is 4.05. The summed E-state index contributed by atoms with van der Waals surface area (Å²) >= 11 is 0. The summed E-state index contributed by atoms with van der Waals surface area (Å²) in [5.74, 6) is 1.51. The van der Waals surface area contributed by atoms with Gasteiger partial charge in [-0.1, -0.05) is 26.0 Å². The molecule has 1 heterocycles. The molecular formula is C16H26N2O. The van der Waals surface area contributed by atoms with Gasteiger partial charge >= 0.3 is 0 Å². The molecule has 1 aromatic rings. The predicted molar refractivity (Wildman–Crippen MR) is 80.1 cm³/mol. The zero-order valence-electron chi connectivity index (χ0n) is 12.6. The summed E-state index contributed by atoms with van der Waals surface area (Å²) < 4.78 is 5.43. The van der Waals surface area contributed by atoms with E-state index in [4.69, 9.17) is 4.74 Å². The van der Waals surface area contributed by atoms with Gasteiger partial charge < -0.3 is 15.0 Å². The van der Waals surface area contributed by atoms with Crippen LogP contribution in [0.1, 0.15) is 30.9 Å². The second kappa shape index (κ2) is 6.40. The van der Waals surface area contributed by atoms with Crippen LogP contribution in [0.2, 0.25) is 0 Å². The highest BCUT2D eigenvalue weighted by molar-refractivity contribution is 5.39. The molecule has 1 aromatic carbocycles. The van der Waals surface area contributed by atoms with Gasteiger partial charge in [0, 0.05) is 25.7 Å². The number of nitrogens with zero attached hydrogens (tertiary/aromatic N) is 1. The van der Waals surface area contributed by atoms with Crippen molar-refractivity contribution >= 4 is 0 Å². The molecule has 0 radical (unpaired) electrons. The second-order valence-corrected chi connectivity index (χ2v) is 5.77. The first kappa shape index (κ1) is 14.4. The quantitative estimate of drug-likeness (QED) is 0.851. The van der Waals surface area contributed by atoms with Crippen molar-refractivity contribution in [1.29, 1.82) is 0 Å². The molecule has 1 fully saturated rings. The fourth-order valence-electron chi connectivity index (χ4n) is 2.46. The Labute approximate surface area is 116 Å². The van der Waals surface area contributed by atoms with E-state index in [9.17, 15) is 0 Å². The lowest BCUT2D eigenvalue weighted by molar-refractivity contribution is 0.182. The average Bonchev–Trinajstić information content (AvgIpc) is 2.33. The first-order valence-corrected chi connectivity index (χ1v) is 7.19. The molecule has 1 aliphatic rings. The molecule has 106 valence electrons. The first-order chi connectivity index (χ1) is 9.11. The molecule has 1 aliphatic heterocycles. The highest BCUT2D eigenvalue weighted by Gasteiger charge is 2.20.